The van der Waals surface area contributed by atoms with Crippen LogP contribution in [0.4, 0.5) is 0 Å². The van der Waals surface area contributed by atoms with Gasteiger partial charge in [0.15, 0.2) is 0 Å². The van der Waals surface area contributed by atoms with Crippen molar-refractivity contribution < 1.29 is 29.5 Å². The molecule has 0 aliphatic heterocycles. The summed E-state index contributed by atoms with van der Waals surface area (Å²) in [6.07, 6.45) is -0.705. The first kappa shape index (κ1) is 16.5. The number of halogens is 1. The molecule has 1 aromatic carbocycles. The summed E-state index contributed by atoms with van der Waals surface area (Å²) in [6, 6.07) is 4.87. The Bertz CT molecular complexity index is 401. The standard InChI is InChI=1S/C8H10BrNO2.H3O4P/c9-6-2-1-5(3-7(6)11)8(12)4-10;1-5(2,3)4/h1-3,8,11-12H,4,10H2;(H3,1,2,3,4). The van der Waals surface area contributed by atoms with E-state index in [1.165, 1.54) is 6.07 Å². The summed E-state index contributed by atoms with van der Waals surface area (Å²) in [4.78, 5) is 21.6. The predicted molar refractivity (Wildman–Crippen MR) is 64.1 cm³/mol. The normalized spacial score (nSPS) is 12.6. The van der Waals surface area contributed by atoms with Crippen molar-refractivity contribution in [1.82, 2.24) is 0 Å². The Morgan fingerprint density at radius 2 is 1.82 bits per heavy atom. The number of hydrogen-bond donors (Lipinski definition) is 6. The Labute approximate surface area is 106 Å². The van der Waals surface area contributed by atoms with Crippen LogP contribution in [0.25, 0.3) is 0 Å². The van der Waals surface area contributed by atoms with E-state index >= 15 is 0 Å². The van der Waals surface area contributed by atoms with Crippen molar-refractivity contribution in [3.05, 3.63) is 28.2 Å². The van der Waals surface area contributed by atoms with Crippen LogP contribution in [-0.2, 0) is 4.57 Å². The van der Waals surface area contributed by atoms with Gasteiger partial charge in [-0.1, -0.05) is 6.07 Å². The molecule has 0 fully saturated rings. The second kappa shape index (κ2) is 7.07. The summed E-state index contributed by atoms with van der Waals surface area (Å²) in [5.74, 6) is 0.111. The molecule has 9 heteroatoms. The van der Waals surface area contributed by atoms with Gasteiger partial charge in [-0.2, -0.15) is 0 Å². The van der Waals surface area contributed by atoms with Crippen molar-refractivity contribution in [3.63, 3.8) is 0 Å². The molecule has 0 aliphatic rings. The van der Waals surface area contributed by atoms with Gasteiger partial charge >= 0.3 is 7.82 Å². The van der Waals surface area contributed by atoms with Gasteiger partial charge in [0.25, 0.3) is 0 Å². The van der Waals surface area contributed by atoms with Gasteiger partial charge in [0, 0.05) is 6.54 Å². The molecule has 1 atom stereocenters. The van der Waals surface area contributed by atoms with Crippen molar-refractivity contribution in [2.45, 2.75) is 6.10 Å². The topological polar surface area (TPSA) is 144 Å². The van der Waals surface area contributed by atoms with Crippen molar-refractivity contribution in [2.24, 2.45) is 5.73 Å². The third-order valence-electron chi connectivity index (χ3n) is 1.58. The van der Waals surface area contributed by atoms with Gasteiger partial charge in [0.05, 0.1) is 10.6 Å². The third kappa shape index (κ3) is 8.28. The molecular weight excluding hydrogens is 317 g/mol. The monoisotopic (exact) mass is 329 g/mol. The molecule has 0 amide bonds. The fourth-order valence-corrected chi connectivity index (χ4v) is 1.12. The lowest BCUT2D eigenvalue weighted by molar-refractivity contribution is 0.186. The number of phosphoric acid groups is 1. The molecule has 0 bridgehead atoms. The molecule has 98 valence electrons. The zero-order valence-corrected chi connectivity index (χ0v) is 11.0. The maximum absolute atomic E-state index is 9.29. The van der Waals surface area contributed by atoms with Crippen LogP contribution in [0.1, 0.15) is 11.7 Å². The molecule has 0 radical (unpaired) electrons. The largest absolute Gasteiger partial charge is 0.507 e. The summed E-state index contributed by atoms with van der Waals surface area (Å²) in [5, 5.41) is 18.5. The van der Waals surface area contributed by atoms with E-state index in [0.29, 0.717) is 10.0 Å². The van der Waals surface area contributed by atoms with Crippen LogP contribution >= 0.6 is 23.8 Å². The van der Waals surface area contributed by atoms with Gasteiger partial charge in [-0.05, 0) is 33.6 Å². The number of aliphatic hydroxyl groups is 1. The Morgan fingerprint density at radius 1 is 1.35 bits per heavy atom. The molecule has 17 heavy (non-hydrogen) atoms. The lowest BCUT2D eigenvalue weighted by Gasteiger charge is -2.08. The van der Waals surface area contributed by atoms with Crippen LogP contribution in [0.3, 0.4) is 0 Å². The fourth-order valence-electron chi connectivity index (χ4n) is 0.873. The number of rotatable bonds is 2. The van der Waals surface area contributed by atoms with Gasteiger partial charge in [-0.25, -0.2) is 4.57 Å². The van der Waals surface area contributed by atoms with E-state index in [9.17, 15) is 10.2 Å². The summed E-state index contributed by atoms with van der Waals surface area (Å²) in [5.41, 5.74) is 5.87. The molecular formula is C8H13BrNO6P. The molecule has 7 N–H and O–H groups in total. The second-order valence-corrected chi connectivity index (χ2v) is 4.86. The Morgan fingerprint density at radius 3 is 2.18 bits per heavy atom. The summed E-state index contributed by atoms with van der Waals surface area (Å²) >= 11 is 3.14. The molecule has 0 aromatic heterocycles. The summed E-state index contributed by atoms with van der Waals surface area (Å²) < 4.78 is 9.49. The van der Waals surface area contributed by atoms with Crippen LogP contribution in [0.2, 0.25) is 0 Å². The van der Waals surface area contributed by atoms with E-state index in [0.717, 1.165) is 0 Å². The molecule has 7 nitrogen and oxygen atoms in total. The zero-order valence-electron chi connectivity index (χ0n) is 8.56. The number of nitrogens with two attached hydrogens (primary N) is 1. The van der Waals surface area contributed by atoms with Gasteiger partial charge in [0.1, 0.15) is 5.75 Å². The van der Waals surface area contributed by atoms with Gasteiger partial charge in [-0.15, -0.1) is 0 Å². The molecule has 1 aromatic rings. The summed E-state index contributed by atoms with van der Waals surface area (Å²) in [6.45, 7) is 0.154. The van der Waals surface area contributed by atoms with Gasteiger partial charge in [-0.3, -0.25) is 0 Å². The fraction of sp³-hybridized carbons (Fsp3) is 0.250. The number of aromatic hydroxyl groups is 1. The Balaban J connectivity index is 0.000000437. The summed E-state index contributed by atoms with van der Waals surface area (Å²) in [7, 11) is -4.64. The van der Waals surface area contributed by atoms with Gasteiger partial charge in [0.2, 0.25) is 0 Å². The molecule has 0 saturated carbocycles. The highest BCUT2D eigenvalue weighted by atomic mass is 79.9. The maximum Gasteiger partial charge on any atom is 0.466 e. The minimum absolute atomic E-state index is 0.111. The Kier molecular flexibility index (Phi) is 6.88. The molecule has 0 heterocycles. The number of hydrogen-bond acceptors (Lipinski definition) is 4. The van der Waals surface area contributed by atoms with E-state index in [-0.39, 0.29) is 12.3 Å². The van der Waals surface area contributed by atoms with Gasteiger partial charge < -0.3 is 30.6 Å². The van der Waals surface area contributed by atoms with Crippen molar-refractivity contribution in [1.29, 1.82) is 0 Å². The predicted octanol–water partition coefficient (Wildman–Crippen LogP) is 0.218. The average Bonchev–Trinajstić information content (AvgIpc) is 2.18. The van der Waals surface area contributed by atoms with E-state index in [1.54, 1.807) is 12.1 Å². The maximum atomic E-state index is 9.29. The first-order chi connectivity index (χ1) is 7.65. The van der Waals surface area contributed by atoms with Crippen LogP contribution in [0.5, 0.6) is 5.75 Å². The van der Waals surface area contributed by atoms with Crippen LogP contribution in [-0.4, -0.2) is 31.4 Å². The third-order valence-corrected chi connectivity index (χ3v) is 2.25. The lowest BCUT2D eigenvalue weighted by Crippen LogP contribution is -2.11. The number of phenols is 1. The molecule has 1 rings (SSSR count). The smallest absolute Gasteiger partial charge is 0.466 e. The minimum atomic E-state index is -4.64. The van der Waals surface area contributed by atoms with Crippen molar-refractivity contribution in [3.8, 4) is 5.75 Å². The number of phenolic OH excluding ortho intramolecular Hbond substituents is 1. The van der Waals surface area contributed by atoms with Crippen LogP contribution in [0, 0.1) is 0 Å². The van der Waals surface area contributed by atoms with Crippen LogP contribution < -0.4 is 5.73 Å². The average molecular weight is 330 g/mol. The van der Waals surface area contributed by atoms with Crippen molar-refractivity contribution >= 4 is 23.8 Å². The highest BCUT2D eigenvalue weighted by molar-refractivity contribution is 9.10. The number of aliphatic hydroxyl groups excluding tert-OH is 1. The van der Waals surface area contributed by atoms with E-state index in [1.807, 2.05) is 0 Å². The zero-order chi connectivity index (χ0) is 13.6. The highest BCUT2D eigenvalue weighted by Crippen LogP contribution is 2.26. The second-order valence-electron chi connectivity index (χ2n) is 2.98. The van der Waals surface area contributed by atoms with E-state index < -0.39 is 13.9 Å². The lowest BCUT2D eigenvalue weighted by atomic mass is 10.1. The first-order valence-electron chi connectivity index (χ1n) is 4.30. The Hall–Kier alpha value is -0.470. The molecule has 0 spiro atoms. The van der Waals surface area contributed by atoms with Crippen molar-refractivity contribution in [2.75, 3.05) is 6.54 Å². The molecule has 0 aliphatic carbocycles. The molecule has 1 unspecified atom stereocenters. The quantitative estimate of drug-likeness (QED) is 0.426. The number of benzene rings is 1. The highest BCUT2D eigenvalue weighted by Gasteiger charge is 2.06. The minimum Gasteiger partial charge on any atom is -0.507 e. The van der Waals surface area contributed by atoms with E-state index in [4.69, 9.17) is 25.0 Å². The van der Waals surface area contributed by atoms with E-state index in [2.05, 4.69) is 15.9 Å². The van der Waals surface area contributed by atoms with Crippen LogP contribution in [0.15, 0.2) is 22.7 Å². The molecule has 0 saturated heterocycles. The first-order valence-corrected chi connectivity index (χ1v) is 6.65. The SMILES string of the molecule is NCC(O)c1ccc(Br)c(O)c1.O=P(O)(O)O.